The van der Waals surface area contributed by atoms with Crippen molar-refractivity contribution < 1.29 is 17.7 Å². The fraction of sp³-hybridized carbons (Fsp3) is 0.538. The molecular weight excluding hydrogens is 252 g/mol. The molecule has 0 saturated carbocycles. The van der Waals surface area contributed by atoms with E-state index in [1.165, 1.54) is 6.07 Å². The lowest BCUT2D eigenvalue weighted by atomic mass is 9.92. The van der Waals surface area contributed by atoms with Crippen molar-refractivity contribution in [3.05, 3.63) is 29.3 Å². The van der Waals surface area contributed by atoms with Gasteiger partial charge in [0.1, 0.15) is 0 Å². The molecule has 0 bridgehead atoms. The smallest absolute Gasteiger partial charge is 0.294 e. The van der Waals surface area contributed by atoms with Crippen molar-refractivity contribution in [2.75, 3.05) is 13.2 Å². The molecule has 1 aliphatic heterocycles. The lowest BCUT2D eigenvalue weighted by molar-refractivity contribution is 0.0663. The molecule has 0 spiro atoms. The molecule has 0 unspecified atom stereocenters. The highest BCUT2D eigenvalue weighted by molar-refractivity contribution is 7.85. The van der Waals surface area contributed by atoms with Crippen LogP contribution >= 0.6 is 0 Å². The van der Waals surface area contributed by atoms with Gasteiger partial charge in [0, 0.05) is 13.2 Å². The molecule has 1 heterocycles. The normalized spacial score (nSPS) is 17.9. The molecule has 5 heteroatoms. The first-order chi connectivity index (χ1) is 8.47. The van der Waals surface area contributed by atoms with Crippen LogP contribution < -0.4 is 0 Å². The topological polar surface area (TPSA) is 63.6 Å². The van der Waals surface area contributed by atoms with Crippen molar-refractivity contribution in [3.63, 3.8) is 0 Å². The van der Waals surface area contributed by atoms with Gasteiger partial charge in [-0.2, -0.15) is 8.42 Å². The first kappa shape index (κ1) is 13.5. The molecule has 0 amide bonds. The van der Waals surface area contributed by atoms with Gasteiger partial charge in [0.05, 0.1) is 4.90 Å². The van der Waals surface area contributed by atoms with Crippen molar-refractivity contribution in [3.8, 4) is 0 Å². The summed E-state index contributed by atoms with van der Waals surface area (Å²) in [7, 11) is -4.13. The Kier molecular flexibility index (Phi) is 4.04. The largest absolute Gasteiger partial charge is 0.381 e. The highest BCUT2D eigenvalue weighted by Gasteiger charge is 2.20. The SMILES string of the molecule is Cc1ccc(S(=O)(=O)O)c(CC2CCOCC2)c1. The molecule has 2 rings (SSSR count). The minimum atomic E-state index is -4.13. The Labute approximate surface area is 108 Å². The Hall–Kier alpha value is -0.910. The van der Waals surface area contributed by atoms with Crippen molar-refractivity contribution >= 4 is 10.1 Å². The van der Waals surface area contributed by atoms with Crippen molar-refractivity contribution in [1.82, 2.24) is 0 Å². The molecule has 1 aromatic rings. The quantitative estimate of drug-likeness (QED) is 0.855. The predicted molar refractivity (Wildman–Crippen MR) is 68.2 cm³/mol. The molecule has 4 nitrogen and oxygen atoms in total. The minimum Gasteiger partial charge on any atom is -0.381 e. The van der Waals surface area contributed by atoms with E-state index in [1.54, 1.807) is 6.07 Å². The Bertz CT molecular complexity index is 516. The Morgan fingerprint density at radius 2 is 2.00 bits per heavy atom. The third-order valence-corrected chi connectivity index (χ3v) is 4.30. The molecule has 1 aliphatic rings. The summed E-state index contributed by atoms with van der Waals surface area (Å²) < 4.78 is 37.2. The van der Waals surface area contributed by atoms with Crippen molar-refractivity contribution in [2.45, 2.75) is 31.1 Å². The zero-order chi connectivity index (χ0) is 13.2. The van der Waals surface area contributed by atoms with Crippen LogP contribution in [0.3, 0.4) is 0 Å². The highest BCUT2D eigenvalue weighted by atomic mass is 32.2. The van der Waals surface area contributed by atoms with E-state index < -0.39 is 10.1 Å². The molecule has 1 fully saturated rings. The number of rotatable bonds is 3. The standard InChI is InChI=1S/C13H18O4S/c1-10-2-3-13(18(14,15)16)12(8-10)9-11-4-6-17-7-5-11/h2-3,8,11H,4-7,9H2,1H3,(H,14,15,16). The van der Waals surface area contributed by atoms with Gasteiger partial charge in [-0.15, -0.1) is 0 Å². The van der Waals surface area contributed by atoms with Gasteiger partial charge in [-0.05, 0) is 43.7 Å². The van der Waals surface area contributed by atoms with E-state index >= 15 is 0 Å². The molecule has 18 heavy (non-hydrogen) atoms. The maximum absolute atomic E-state index is 11.3. The van der Waals surface area contributed by atoms with Crippen LogP contribution in [0.1, 0.15) is 24.0 Å². The second-order valence-electron chi connectivity index (χ2n) is 4.85. The van der Waals surface area contributed by atoms with Crippen molar-refractivity contribution in [2.24, 2.45) is 5.92 Å². The molecular formula is C13H18O4S. The second kappa shape index (κ2) is 5.38. The molecule has 1 saturated heterocycles. The van der Waals surface area contributed by atoms with E-state index in [0.717, 1.165) is 31.6 Å². The number of hydrogen-bond donors (Lipinski definition) is 1. The zero-order valence-corrected chi connectivity index (χ0v) is 11.2. The van der Waals surface area contributed by atoms with E-state index in [-0.39, 0.29) is 4.90 Å². The molecule has 0 atom stereocenters. The number of ether oxygens (including phenoxy) is 1. The van der Waals surface area contributed by atoms with Crippen LogP contribution in [0, 0.1) is 12.8 Å². The van der Waals surface area contributed by atoms with E-state index in [2.05, 4.69) is 0 Å². The van der Waals surface area contributed by atoms with Gasteiger partial charge < -0.3 is 4.74 Å². The highest BCUT2D eigenvalue weighted by Crippen LogP contribution is 2.25. The van der Waals surface area contributed by atoms with Gasteiger partial charge in [-0.1, -0.05) is 17.7 Å². The van der Waals surface area contributed by atoms with E-state index in [1.807, 2.05) is 13.0 Å². The minimum absolute atomic E-state index is 0.0413. The molecule has 0 aromatic heterocycles. The molecule has 0 radical (unpaired) electrons. The van der Waals surface area contributed by atoms with Crippen LogP contribution in [0.15, 0.2) is 23.1 Å². The van der Waals surface area contributed by atoms with Crippen molar-refractivity contribution in [1.29, 1.82) is 0 Å². The summed E-state index contributed by atoms with van der Waals surface area (Å²) in [6, 6.07) is 5.04. The molecule has 1 aromatic carbocycles. The number of benzene rings is 1. The zero-order valence-electron chi connectivity index (χ0n) is 10.4. The van der Waals surface area contributed by atoms with E-state index in [0.29, 0.717) is 17.9 Å². The van der Waals surface area contributed by atoms with Gasteiger partial charge in [0.2, 0.25) is 0 Å². The van der Waals surface area contributed by atoms with E-state index in [4.69, 9.17) is 4.74 Å². The molecule has 100 valence electrons. The van der Waals surface area contributed by atoms with E-state index in [9.17, 15) is 13.0 Å². The van der Waals surface area contributed by atoms with Gasteiger partial charge in [0.15, 0.2) is 0 Å². The van der Waals surface area contributed by atoms with Crippen LogP contribution in [-0.2, 0) is 21.3 Å². The lowest BCUT2D eigenvalue weighted by Crippen LogP contribution is -2.18. The fourth-order valence-electron chi connectivity index (χ4n) is 2.38. The summed E-state index contributed by atoms with van der Waals surface area (Å²) in [6.45, 7) is 3.39. The van der Waals surface area contributed by atoms with Crippen LogP contribution in [-0.4, -0.2) is 26.2 Å². The van der Waals surface area contributed by atoms with Crippen LogP contribution in [0.2, 0.25) is 0 Å². The number of aryl methyl sites for hydroxylation is 1. The van der Waals surface area contributed by atoms with Gasteiger partial charge >= 0.3 is 0 Å². The fourth-order valence-corrected chi connectivity index (χ4v) is 3.09. The average molecular weight is 270 g/mol. The summed E-state index contributed by atoms with van der Waals surface area (Å²) >= 11 is 0. The first-order valence-electron chi connectivity index (χ1n) is 6.11. The van der Waals surface area contributed by atoms with Crippen LogP contribution in [0.5, 0.6) is 0 Å². The van der Waals surface area contributed by atoms with Gasteiger partial charge in [0.25, 0.3) is 10.1 Å². The third-order valence-electron chi connectivity index (χ3n) is 3.34. The number of hydrogen-bond acceptors (Lipinski definition) is 3. The summed E-state index contributed by atoms with van der Waals surface area (Å²) in [6.07, 6.45) is 2.57. The predicted octanol–water partition coefficient (Wildman–Crippen LogP) is 2.21. The van der Waals surface area contributed by atoms with Crippen LogP contribution in [0.25, 0.3) is 0 Å². The monoisotopic (exact) mass is 270 g/mol. The maximum atomic E-state index is 11.3. The third kappa shape index (κ3) is 3.31. The maximum Gasteiger partial charge on any atom is 0.294 e. The van der Waals surface area contributed by atoms with Gasteiger partial charge in [-0.25, -0.2) is 0 Å². The van der Waals surface area contributed by atoms with Gasteiger partial charge in [-0.3, -0.25) is 4.55 Å². The Balaban J connectivity index is 2.27. The Morgan fingerprint density at radius 3 is 2.61 bits per heavy atom. The first-order valence-corrected chi connectivity index (χ1v) is 7.55. The summed E-state index contributed by atoms with van der Waals surface area (Å²) in [5, 5.41) is 0. The lowest BCUT2D eigenvalue weighted by Gasteiger charge is -2.22. The summed E-state index contributed by atoms with van der Waals surface area (Å²) in [5.74, 6) is 0.432. The summed E-state index contributed by atoms with van der Waals surface area (Å²) in [5.41, 5.74) is 1.72. The average Bonchev–Trinajstić information content (AvgIpc) is 2.28. The second-order valence-corrected chi connectivity index (χ2v) is 6.24. The summed E-state index contributed by atoms with van der Waals surface area (Å²) in [4.78, 5) is 0.0413. The Morgan fingerprint density at radius 1 is 1.33 bits per heavy atom. The molecule has 0 aliphatic carbocycles. The molecule has 1 N–H and O–H groups in total. The van der Waals surface area contributed by atoms with Crippen LogP contribution in [0.4, 0.5) is 0 Å².